The molecule has 0 heterocycles. The predicted octanol–water partition coefficient (Wildman–Crippen LogP) is 5.01. The van der Waals surface area contributed by atoms with Gasteiger partial charge in [-0.15, -0.1) is 0 Å². The van der Waals surface area contributed by atoms with E-state index in [4.69, 9.17) is 0 Å². The van der Waals surface area contributed by atoms with E-state index in [1.54, 1.807) is 0 Å². The van der Waals surface area contributed by atoms with Crippen LogP contribution in [0.2, 0.25) is 0 Å². The molecule has 3 aliphatic carbocycles. The number of rotatable bonds is 1. The Hall–Kier alpha value is -1.62. The number of hydrogen-bond acceptors (Lipinski definition) is 2. The van der Waals surface area contributed by atoms with Crippen LogP contribution >= 0.6 is 0 Å². The van der Waals surface area contributed by atoms with Crippen LogP contribution in [-0.2, 0) is 11.2 Å². The lowest BCUT2D eigenvalue weighted by Crippen LogP contribution is -2.43. The van der Waals surface area contributed by atoms with E-state index in [0.29, 0.717) is 23.5 Å². The Kier molecular flexibility index (Phi) is 3.43. The van der Waals surface area contributed by atoms with Gasteiger partial charge in [0.05, 0.1) is 11.6 Å². The molecule has 0 bridgehead atoms. The minimum absolute atomic E-state index is 0.115. The molecule has 0 saturated heterocycles. The number of ketones is 1. The van der Waals surface area contributed by atoms with Gasteiger partial charge in [0, 0.05) is 10.8 Å². The molecule has 5 atom stereocenters. The summed E-state index contributed by atoms with van der Waals surface area (Å²) in [5, 5.41) is 9.42. The molecule has 1 aromatic rings. The largest absolute Gasteiger partial charge is 0.298 e. The number of carbonyl (C=O) groups is 1. The summed E-state index contributed by atoms with van der Waals surface area (Å²) in [5.41, 5.74) is 3.32. The van der Waals surface area contributed by atoms with Gasteiger partial charge in [-0.25, -0.2) is 0 Å². The highest BCUT2D eigenvalue weighted by Gasteiger charge is 2.61. The van der Waals surface area contributed by atoms with Crippen molar-refractivity contribution in [2.24, 2.45) is 22.7 Å². The summed E-state index contributed by atoms with van der Waals surface area (Å²) in [4.78, 5) is 13.2. The van der Waals surface area contributed by atoms with Gasteiger partial charge in [0.1, 0.15) is 5.78 Å². The highest BCUT2D eigenvalue weighted by molar-refractivity contribution is 5.92. The lowest BCUT2D eigenvalue weighted by molar-refractivity contribution is -0.135. The average Bonchev–Trinajstić information content (AvgIpc) is 2.82. The van der Waals surface area contributed by atoms with Gasteiger partial charge < -0.3 is 0 Å². The zero-order chi connectivity index (χ0) is 17.1. The van der Waals surface area contributed by atoms with Crippen molar-refractivity contribution >= 4 is 5.78 Å². The molecule has 2 heteroatoms. The number of Topliss-reactive ketones (excluding diaryl/α,β-unsaturated/α-hetero) is 1. The fourth-order valence-corrected chi connectivity index (χ4v) is 6.27. The normalized spacial score (nSPS) is 40.4. The third-order valence-corrected chi connectivity index (χ3v) is 7.80. The molecule has 0 aliphatic heterocycles. The molecule has 126 valence electrons. The smallest absolute Gasteiger partial charge is 0.144 e. The Balaban J connectivity index is 1.75. The lowest BCUT2D eigenvalue weighted by atomic mass is 9.55. The first-order valence-electron chi connectivity index (χ1n) is 9.51. The summed E-state index contributed by atoms with van der Waals surface area (Å²) in [6.45, 7) is 6.61. The maximum absolute atomic E-state index is 13.2. The van der Waals surface area contributed by atoms with E-state index in [1.165, 1.54) is 11.1 Å². The molecule has 0 aromatic heterocycles. The number of fused-ring (bicyclic) bond motifs is 5. The maximum atomic E-state index is 13.2. The minimum Gasteiger partial charge on any atom is -0.298 e. The Labute approximate surface area is 145 Å². The monoisotopic (exact) mass is 321 g/mol. The van der Waals surface area contributed by atoms with Crippen LogP contribution in [0.3, 0.4) is 0 Å². The topological polar surface area (TPSA) is 40.9 Å². The van der Waals surface area contributed by atoms with E-state index in [-0.39, 0.29) is 10.8 Å². The molecule has 1 unspecified atom stereocenters. The number of nitrogens with zero attached hydrogens (tertiary/aromatic N) is 1. The summed E-state index contributed by atoms with van der Waals surface area (Å²) in [5.74, 6) is 2.21. The fourth-order valence-electron chi connectivity index (χ4n) is 6.27. The van der Waals surface area contributed by atoms with Crippen LogP contribution in [0.15, 0.2) is 18.2 Å². The van der Waals surface area contributed by atoms with Gasteiger partial charge in [-0.05, 0) is 73.5 Å². The van der Waals surface area contributed by atoms with E-state index >= 15 is 0 Å². The molecule has 0 radical (unpaired) electrons. The Bertz CT molecular complexity index is 745. The second kappa shape index (κ2) is 5.19. The minimum atomic E-state index is -0.122. The molecule has 3 aliphatic rings. The van der Waals surface area contributed by atoms with Gasteiger partial charge in [-0.1, -0.05) is 32.9 Å². The van der Waals surface area contributed by atoms with Crippen LogP contribution in [0.4, 0.5) is 0 Å². The summed E-state index contributed by atoms with van der Waals surface area (Å²) < 4.78 is 0. The summed E-state index contributed by atoms with van der Waals surface area (Å²) in [6.07, 6.45) is 6.29. The molecule has 4 rings (SSSR count). The van der Waals surface area contributed by atoms with E-state index in [0.717, 1.165) is 44.1 Å². The van der Waals surface area contributed by atoms with Crippen molar-refractivity contribution < 1.29 is 4.79 Å². The summed E-state index contributed by atoms with van der Waals surface area (Å²) in [7, 11) is 0. The van der Waals surface area contributed by atoms with Crippen LogP contribution in [0.1, 0.15) is 75.5 Å². The van der Waals surface area contributed by atoms with Gasteiger partial charge >= 0.3 is 0 Å². The van der Waals surface area contributed by atoms with E-state index in [2.05, 4.69) is 32.9 Å². The van der Waals surface area contributed by atoms with Crippen LogP contribution in [0.25, 0.3) is 0 Å². The Morgan fingerprint density at radius 2 is 2.08 bits per heavy atom. The number of carbonyl (C=O) groups excluding carboxylic acids is 1. The van der Waals surface area contributed by atoms with Gasteiger partial charge in [-0.3, -0.25) is 4.79 Å². The van der Waals surface area contributed by atoms with Crippen molar-refractivity contribution in [2.45, 2.75) is 65.2 Å². The average molecular weight is 321 g/mol. The molecule has 0 amide bonds. The molecule has 2 nitrogen and oxygen atoms in total. The van der Waals surface area contributed by atoms with Gasteiger partial charge in [-0.2, -0.15) is 5.26 Å². The van der Waals surface area contributed by atoms with E-state index in [1.807, 2.05) is 12.1 Å². The summed E-state index contributed by atoms with van der Waals surface area (Å²) >= 11 is 0. The second-order valence-corrected chi connectivity index (χ2v) is 8.80. The summed E-state index contributed by atoms with van der Waals surface area (Å²) in [6, 6.07) is 8.62. The van der Waals surface area contributed by atoms with Crippen molar-refractivity contribution in [2.75, 3.05) is 0 Å². The SMILES string of the molecule is CCC1(C)C[C@H]2[C@@H]3CCc4c(C#N)cccc4[C@H]3CC[C@]2(C)C1=O. The maximum Gasteiger partial charge on any atom is 0.144 e. The van der Waals surface area contributed by atoms with Crippen LogP contribution < -0.4 is 0 Å². The second-order valence-electron chi connectivity index (χ2n) is 8.80. The van der Waals surface area contributed by atoms with Gasteiger partial charge in [0.15, 0.2) is 0 Å². The van der Waals surface area contributed by atoms with Crippen LogP contribution in [0, 0.1) is 34.0 Å². The first kappa shape index (κ1) is 15.9. The standard InChI is InChI=1S/C22H27NO/c1-4-21(2)12-19-18-9-8-15-14(13-23)6-5-7-16(15)17(18)10-11-22(19,3)20(21)24/h5-7,17-19H,4,8-12H2,1-3H3/t17-,18-,19+,21?,22+/m1/s1. The first-order chi connectivity index (χ1) is 11.4. The van der Waals surface area contributed by atoms with Crippen molar-refractivity contribution in [1.82, 2.24) is 0 Å². The highest BCUT2D eigenvalue weighted by Crippen LogP contribution is 2.64. The molecule has 2 saturated carbocycles. The van der Waals surface area contributed by atoms with E-state index < -0.39 is 0 Å². The molecule has 0 spiro atoms. The molecule has 24 heavy (non-hydrogen) atoms. The zero-order valence-electron chi connectivity index (χ0n) is 15.1. The predicted molar refractivity (Wildman–Crippen MR) is 94.6 cm³/mol. The third kappa shape index (κ3) is 1.91. The fraction of sp³-hybridized carbons (Fsp3) is 0.636. The molecular formula is C22H27NO. The third-order valence-electron chi connectivity index (χ3n) is 7.80. The van der Waals surface area contributed by atoms with Gasteiger partial charge in [0.25, 0.3) is 0 Å². The van der Waals surface area contributed by atoms with Crippen molar-refractivity contribution in [3.8, 4) is 6.07 Å². The zero-order valence-corrected chi connectivity index (χ0v) is 15.1. The lowest BCUT2D eigenvalue weighted by Gasteiger charge is -2.48. The Morgan fingerprint density at radius 1 is 1.29 bits per heavy atom. The van der Waals surface area contributed by atoms with Crippen molar-refractivity contribution in [1.29, 1.82) is 5.26 Å². The molecule has 2 fully saturated rings. The van der Waals surface area contributed by atoms with Crippen LogP contribution in [-0.4, -0.2) is 5.78 Å². The molecular weight excluding hydrogens is 294 g/mol. The molecule has 1 aromatic carbocycles. The quantitative estimate of drug-likeness (QED) is 0.729. The number of hydrogen-bond donors (Lipinski definition) is 0. The van der Waals surface area contributed by atoms with Crippen molar-refractivity contribution in [3.05, 3.63) is 34.9 Å². The van der Waals surface area contributed by atoms with E-state index in [9.17, 15) is 10.1 Å². The van der Waals surface area contributed by atoms with Crippen LogP contribution in [0.5, 0.6) is 0 Å². The Morgan fingerprint density at radius 3 is 2.79 bits per heavy atom. The number of benzene rings is 1. The number of nitriles is 1. The van der Waals surface area contributed by atoms with Gasteiger partial charge in [0.2, 0.25) is 0 Å². The first-order valence-corrected chi connectivity index (χ1v) is 9.51. The van der Waals surface area contributed by atoms with Crippen molar-refractivity contribution in [3.63, 3.8) is 0 Å². The highest BCUT2D eigenvalue weighted by atomic mass is 16.1. The molecule has 0 N–H and O–H groups in total.